The molecule has 0 bridgehead atoms. The summed E-state index contributed by atoms with van der Waals surface area (Å²) in [6.07, 6.45) is 6.87. The van der Waals surface area contributed by atoms with Crippen molar-refractivity contribution in [2.75, 3.05) is 6.54 Å². The largest absolute Gasteiger partial charge is 0.339 e. The number of rotatable bonds is 5. The first-order valence-electron chi connectivity index (χ1n) is 15.6. The molecule has 0 spiro atoms. The van der Waals surface area contributed by atoms with Crippen molar-refractivity contribution in [2.45, 2.75) is 45.2 Å². The van der Waals surface area contributed by atoms with Crippen LogP contribution in [0.4, 0.5) is 4.39 Å². The number of aromatic amines is 1. The summed E-state index contributed by atoms with van der Waals surface area (Å²) in [7, 11) is 0. The SMILES string of the molecule is Cc1c(-c2cc3ccc(-c4cccc5n[nH]c(F)c45)cc3n2CC2CC2)nn2cc(C(=O)N3CC4CC5CC3[C@H]54)ccc12. The number of likely N-dealkylation sites (tertiary alicyclic amines) is 1. The first-order valence-corrected chi connectivity index (χ1v) is 15.6. The number of nitrogens with zero attached hydrogens (tertiary/aromatic N) is 5. The molecule has 4 aliphatic rings. The van der Waals surface area contributed by atoms with Crippen LogP contribution >= 0.6 is 0 Å². The molecule has 1 amide bonds. The molecule has 0 radical (unpaired) electrons. The van der Waals surface area contributed by atoms with Crippen molar-refractivity contribution in [2.24, 2.45) is 23.7 Å². The molecule has 43 heavy (non-hydrogen) atoms. The second kappa shape index (κ2) is 8.34. The summed E-state index contributed by atoms with van der Waals surface area (Å²) in [5.41, 5.74) is 8.39. The third kappa shape index (κ3) is 3.32. The highest BCUT2D eigenvalue weighted by molar-refractivity contribution is 5.98. The van der Waals surface area contributed by atoms with Crippen molar-refractivity contribution in [1.82, 2.24) is 29.3 Å². The van der Waals surface area contributed by atoms with Crippen molar-refractivity contribution in [3.05, 3.63) is 77.9 Å². The van der Waals surface area contributed by atoms with Crippen LogP contribution in [0.2, 0.25) is 0 Å². The Morgan fingerprint density at radius 3 is 2.79 bits per heavy atom. The topological polar surface area (TPSA) is 71.2 Å². The van der Waals surface area contributed by atoms with Crippen LogP contribution in [0.1, 0.15) is 41.6 Å². The fourth-order valence-electron chi connectivity index (χ4n) is 8.55. The van der Waals surface area contributed by atoms with Gasteiger partial charge in [-0.1, -0.05) is 24.3 Å². The van der Waals surface area contributed by atoms with E-state index >= 15 is 0 Å². The maximum atomic E-state index is 14.7. The number of H-pyrrole nitrogens is 1. The zero-order valence-electron chi connectivity index (χ0n) is 23.9. The molecule has 8 heteroatoms. The standard InChI is InChI=1S/C35H31FN6O/c1-18-27-10-9-22(35(43)41-16-24-11-23-14-29(41)31(23)24)17-42(27)39-33(18)30-13-21-8-7-20(12-28(21)40(30)15-19-5-6-19)25-3-2-4-26-32(25)34(36)38-37-26/h2-4,7-10,12-13,17,19,23-24,29,31H,5-6,11,14-16H2,1H3,(H,37,38)/t23?,24?,29?,31-/m1/s1. The number of hydrogen-bond acceptors (Lipinski definition) is 3. The zero-order chi connectivity index (χ0) is 28.6. The maximum absolute atomic E-state index is 14.7. The fourth-order valence-corrected chi connectivity index (χ4v) is 8.55. The van der Waals surface area contributed by atoms with Gasteiger partial charge in [0.2, 0.25) is 5.95 Å². The van der Waals surface area contributed by atoms with Gasteiger partial charge >= 0.3 is 0 Å². The summed E-state index contributed by atoms with van der Waals surface area (Å²) in [5, 5.41) is 13.4. The van der Waals surface area contributed by atoms with E-state index < -0.39 is 5.95 Å². The van der Waals surface area contributed by atoms with Gasteiger partial charge in [-0.2, -0.15) is 14.6 Å². The minimum absolute atomic E-state index is 0.147. The second-order valence-electron chi connectivity index (χ2n) is 13.4. The molecular formula is C35H31FN6O. The monoisotopic (exact) mass is 570 g/mol. The molecule has 7 nitrogen and oxygen atoms in total. The predicted molar refractivity (Wildman–Crippen MR) is 163 cm³/mol. The molecule has 1 aliphatic heterocycles. The van der Waals surface area contributed by atoms with Gasteiger partial charge in [0, 0.05) is 41.8 Å². The summed E-state index contributed by atoms with van der Waals surface area (Å²) in [5.74, 6) is 2.73. The average Bonchev–Trinajstić information content (AvgIpc) is 3.53. The van der Waals surface area contributed by atoms with Crippen LogP contribution < -0.4 is 0 Å². The first-order chi connectivity index (χ1) is 21.0. The molecule has 3 aliphatic carbocycles. The van der Waals surface area contributed by atoms with E-state index in [4.69, 9.17) is 5.10 Å². The molecule has 1 N–H and O–H groups in total. The summed E-state index contributed by atoms with van der Waals surface area (Å²) in [6, 6.07) is 18.8. The number of pyridine rings is 1. The number of aromatic nitrogens is 5. The molecule has 2 aromatic carbocycles. The van der Waals surface area contributed by atoms with Crippen molar-refractivity contribution in [3.8, 4) is 22.5 Å². The molecule has 214 valence electrons. The number of carbonyl (C=O) groups excluding carboxylic acids is 1. The first kappa shape index (κ1) is 24.0. The number of carbonyl (C=O) groups is 1. The van der Waals surface area contributed by atoms with Crippen LogP contribution in [0.25, 0.3) is 49.8 Å². The lowest BCUT2D eigenvalue weighted by Crippen LogP contribution is -2.53. The third-order valence-electron chi connectivity index (χ3n) is 11.0. The third-order valence-corrected chi connectivity index (χ3v) is 11.0. The number of halogens is 1. The van der Waals surface area contributed by atoms with E-state index in [1.54, 1.807) is 0 Å². The van der Waals surface area contributed by atoms with E-state index in [0.717, 1.165) is 80.9 Å². The molecule has 4 fully saturated rings. The van der Waals surface area contributed by atoms with E-state index in [-0.39, 0.29) is 5.91 Å². The summed E-state index contributed by atoms with van der Waals surface area (Å²) in [4.78, 5) is 15.7. The van der Waals surface area contributed by atoms with Crippen molar-refractivity contribution in [3.63, 3.8) is 0 Å². The molecule has 3 unspecified atom stereocenters. The van der Waals surface area contributed by atoms with Crippen molar-refractivity contribution >= 4 is 33.2 Å². The molecular weight excluding hydrogens is 539 g/mol. The smallest absolute Gasteiger partial charge is 0.255 e. The van der Waals surface area contributed by atoms with Gasteiger partial charge < -0.3 is 9.47 Å². The Morgan fingerprint density at radius 2 is 1.95 bits per heavy atom. The van der Waals surface area contributed by atoms with E-state index in [1.807, 2.05) is 35.0 Å². The lowest BCUT2D eigenvalue weighted by atomic mass is 9.53. The molecule has 4 aromatic heterocycles. The van der Waals surface area contributed by atoms with Gasteiger partial charge in [0.15, 0.2) is 0 Å². The Labute approximate surface area is 247 Å². The molecule has 3 saturated carbocycles. The summed E-state index contributed by atoms with van der Waals surface area (Å²) >= 11 is 0. The van der Waals surface area contributed by atoms with E-state index in [0.29, 0.717) is 22.9 Å². The van der Waals surface area contributed by atoms with Crippen molar-refractivity contribution in [1.29, 1.82) is 0 Å². The number of hydrogen-bond donors (Lipinski definition) is 1. The Balaban J connectivity index is 1.07. The van der Waals surface area contributed by atoms with E-state index in [2.05, 4.69) is 56.9 Å². The van der Waals surface area contributed by atoms with Gasteiger partial charge in [-0.25, -0.2) is 4.52 Å². The van der Waals surface area contributed by atoms with E-state index in [1.165, 1.54) is 25.7 Å². The van der Waals surface area contributed by atoms with E-state index in [9.17, 15) is 9.18 Å². The minimum atomic E-state index is -0.410. The summed E-state index contributed by atoms with van der Waals surface area (Å²) in [6.45, 7) is 3.96. The molecule has 10 rings (SSSR count). The molecule has 4 atom stereocenters. The van der Waals surface area contributed by atoms with Gasteiger partial charge in [-0.15, -0.1) is 0 Å². The highest BCUT2D eigenvalue weighted by Gasteiger charge is 2.61. The fraction of sp³-hybridized carbons (Fsp3) is 0.343. The maximum Gasteiger partial charge on any atom is 0.255 e. The quantitative estimate of drug-likeness (QED) is 0.247. The zero-order valence-corrected chi connectivity index (χ0v) is 23.9. The number of nitrogens with one attached hydrogen (secondary N) is 1. The van der Waals surface area contributed by atoms with Gasteiger partial charge in [-0.3, -0.25) is 9.89 Å². The number of aryl methyl sites for hydroxylation is 1. The Bertz CT molecular complexity index is 2150. The van der Waals surface area contributed by atoms with Crippen LogP contribution in [0.3, 0.4) is 0 Å². The van der Waals surface area contributed by atoms with Gasteiger partial charge in [0.1, 0.15) is 5.69 Å². The van der Waals surface area contributed by atoms with Crippen LogP contribution in [0.5, 0.6) is 0 Å². The lowest BCUT2D eigenvalue weighted by Gasteiger charge is -2.52. The summed E-state index contributed by atoms with van der Waals surface area (Å²) < 4.78 is 19.0. The van der Waals surface area contributed by atoms with Crippen LogP contribution in [-0.4, -0.2) is 47.8 Å². The predicted octanol–water partition coefficient (Wildman–Crippen LogP) is 6.84. The van der Waals surface area contributed by atoms with Crippen LogP contribution in [-0.2, 0) is 6.54 Å². The van der Waals surface area contributed by atoms with Gasteiger partial charge in [0.25, 0.3) is 5.91 Å². The minimum Gasteiger partial charge on any atom is -0.339 e. The Hall–Kier alpha value is -4.46. The van der Waals surface area contributed by atoms with Gasteiger partial charge in [-0.05, 0) is 97.7 Å². The average molecular weight is 571 g/mol. The second-order valence-corrected chi connectivity index (χ2v) is 13.4. The van der Waals surface area contributed by atoms with Crippen molar-refractivity contribution < 1.29 is 9.18 Å². The Morgan fingerprint density at radius 1 is 1.05 bits per heavy atom. The van der Waals surface area contributed by atoms with Crippen LogP contribution in [0, 0.1) is 36.5 Å². The Kier molecular flexibility index (Phi) is 4.66. The van der Waals surface area contributed by atoms with Crippen LogP contribution in [0.15, 0.2) is 60.8 Å². The molecule has 1 saturated heterocycles. The molecule has 5 heterocycles. The number of amides is 1. The number of benzene rings is 2. The van der Waals surface area contributed by atoms with Gasteiger partial charge in [0.05, 0.1) is 27.7 Å². The lowest BCUT2D eigenvalue weighted by molar-refractivity contribution is -0.0204. The normalized spacial score (nSPS) is 24.1. The highest BCUT2D eigenvalue weighted by Crippen LogP contribution is 2.60. The molecule has 6 aromatic rings. The highest BCUT2D eigenvalue weighted by atomic mass is 19.1. The number of fused-ring (bicyclic) bond motifs is 3.